The van der Waals surface area contributed by atoms with Gasteiger partial charge in [-0.2, -0.15) is 13.2 Å². The third-order valence-electron chi connectivity index (χ3n) is 7.09. The Morgan fingerprint density at radius 2 is 2.03 bits per heavy atom. The van der Waals surface area contributed by atoms with Crippen molar-refractivity contribution in [1.82, 2.24) is 24.5 Å². The van der Waals surface area contributed by atoms with Crippen LogP contribution >= 0.6 is 0 Å². The number of amides is 2. The number of nitrogens with zero attached hydrogens (tertiary/aromatic N) is 5. The molecule has 4 aromatic rings. The fourth-order valence-electron chi connectivity index (χ4n) is 4.97. The highest BCUT2D eigenvalue weighted by Crippen LogP contribution is 2.43. The number of alkyl halides is 3. The second-order valence-corrected chi connectivity index (χ2v) is 9.60. The first-order valence-corrected chi connectivity index (χ1v) is 12.0. The fraction of sp³-hybridized carbons (Fsp3) is 0.269. The van der Waals surface area contributed by atoms with E-state index in [4.69, 9.17) is 5.73 Å². The minimum atomic E-state index is -4.74. The number of nitrogens with one attached hydrogen (secondary N) is 1. The summed E-state index contributed by atoms with van der Waals surface area (Å²) in [6.45, 7) is 1.98. The zero-order chi connectivity index (χ0) is 26.8. The number of nitrogen functional groups attached to an aromatic ring is 1. The first-order chi connectivity index (χ1) is 18.1. The summed E-state index contributed by atoms with van der Waals surface area (Å²) in [5.74, 6) is -0.957. The molecule has 1 aliphatic carbocycles. The van der Waals surface area contributed by atoms with E-state index in [1.165, 1.54) is 27.9 Å². The smallest absolute Gasteiger partial charge is 0.381 e. The Hall–Kier alpha value is -4.48. The third-order valence-corrected chi connectivity index (χ3v) is 7.09. The molecule has 1 fully saturated rings. The van der Waals surface area contributed by atoms with E-state index in [1.54, 1.807) is 24.4 Å². The maximum Gasteiger partial charge on any atom is 0.417 e. The molecule has 3 N–H and O–H groups in total. The molecule has 1 atom stereocenters. The van der Waals surface area contributed by atoms with Gasteiger partial charge in [0.05, 0.1) is 28.7 Å². The highest BCUT2D eigenvalue weighted by molar-refractivity contribution is 6.11. The molecular weight excluding hydrogens is 499 g/mol. The normalized spacial score (nSPS) is 16.1. The van der Waals surface area contributed by atoms with Crippen molar-refractivity contribution in [3.63, 3.8) is 0 Å². The van der Waals surface area contributed by atoms with Gasteiger partial charge >= 0.3 is 6.18 Å². The molecule has 1 aliphatic heterocycles. The Labute approximate surface area is 214 Å². The van der Waals surface area contributed by atoms with Crippen LogP contribution in [0.1, 0.15) is 51.6 Å². The summed E-state index contributed by atoms with van der Waals surface area (Å²) in [6, 6.07) is 7.15. The van der Waals surface area contributed by atoms with E-state index in [0.29, 0.717) is 17.2 Å². The number of carbonyl (C=O) groups is 2. The number of benzene rings is 1. The first-order valence-electron chi connectivity index (χ1n) is 12.0. The van der Waals surface area contributed by atoms with Gasteiger partial charge < -0.3 is 16.0 Å². The van der Waals surface area contributed by atoms with Crippen molar-refractivity contribution in [3.05, 3.63) is 71.2 Å². The first kappa shape index (κ1) is 23.9. The van der Waals surface area contributed by atoms with E-state index in [0.717, 1.165) is 18.9 Å². The minimum absolute atomic E-state index is 0.0208. The predicted molar refractivity (Wildman–Crippen MR) is 132 cm³/mol. The molecule has 0 radical (unpaired) electrons. The molecule has 12 heteroatoms. The average molecular weight is 522 g/mol. The van der Waals surface area contributed by atoms with Crippen molar-refractivity contribution in [3.8, 4) is 11.3 Å². The Morgan fingerprint density at radius 3 is 2.71 bits per heavy atom. The summed E-state index contributed by atoms with van der Waals surface area (Å²) in [4.78, 5) is 36.0. The number of hydrogen-bond acceptors (Lipinski definition) is 6. The summed E-state index contributed by atoms with van der Waals surface area (Å²) in [7, 11) is 0. The van der Waals surface area contributed by atoms with Crippen LogP contribution in [-0.4, -0.2) is 42.3 Å². The highest BCUT2D eigenvalue weighted by atomic mass is 19.4. The molecule has 2 amide bonds. The van der Waals surface area contributed by atoms with E-state index in [9.17, 15) is 22.8 Å². The molecule has 6 rings (SSSR count). The monoisotopic (exact) mass is 521 g/mol. The second kappa shape index (κ2) is 8.54. The predicted octanol–water partition coefficient (Wildman–Crippen LogP) is 4.40. The highest BCUT2D eigenvalue weighted by Gasteiger charge is 2.44. The van der Waals surface area contributed by atoms with E-state index in [1.807, 2.05) is 6.92 Å². The number of fused-ring (bicyclic) bond motifs is 2. The Kier molecular flexibility index (Phi) is 5.37. The van der Waals surface area contributed by atoms with Crippen LogP contribution in [0.15, 0.2) is 48.9 Å². The Bertz CT molecular complexity index is 1600. The van der Waals surface area contributed by atoms with Crippen molar-refractivity contribution < 1.29 is 22.8 Å². The van der Waals surface area contributed by atoms with Gasteiger partial charge in [0.2, 0.25) is 0 Å². The lowest BCUT2D eigenvalue weighted by Crippen LogP contribution is -2.35. The lowest BCUT2D eigenvalue weighted by molar-refractivity contribution is -0.137. The number of carbonyl (C=O) groups excluding carboxylic acids is 2. The van der Waals surface area contributed by atoms with E-state index in [-0.39, 0.29) is 46.4 Å². The van der Waals surface area contributed by atoms with Crippen LogP contribution in [-0.2, 0) is 12.7 Å². The van der Waals surface area contributed by atoms with Gasteiger partial charge in [-0.25, -0.2) is 9.50 Å². The number of anilines is 2. The van der Waals surface area contributed by atoms with Crippen LogP contribution in [0.5, 0.6) is 0 Å². The molecule has 9 nitrogen and oxygen atoms in total. The van der Waals surface area contributed by atoms with Crippen molar-refractivity contribution in [2.24, 2.45) is 5.92 Å². The molecular formula is C26H22F3N7O2. The van der Waals surface area contributed by atoms with Crippen molar-refractivity contribution in [2.75, 3.05) is 11.1 Å². The molecule has 0 saturated heterocycles. The molecule has 0 spiro atoms. The van der Waals surface area contributed by atoms with Gasteiger partial charge in [-0.15, -0.1) is 5.10 Å². The number of hydrogen-bond donors (Lipinski definition) is 2. The number of aromatic nitrogens is 4. The number of rotatable bonds is 5. The van der Waals surface area contributed by atoms with Crippen LogP contribution < -0.4 is 11.1 Å². The maximum atomic E-state index is 14.2. The summed E-state index contributed by atoms with van der Waals surface area (Å²) >= 11 is 0. The standard InChI is InChI=1S/C26H22F3N7O2/c1-13(14-4-5-14)35-12-16-9-15(10-18(26(27,28)29)20(16)25(35)38)19-6-8-36-23(33-19)21(22(30)34-36)24(37)32-17-3-2-7-31-11-17/h2-3,6-11,13-14H,4-5,12H2,1H3,(H2,30,34)(H,32,37)/t13-/m0/s1. The number of nitrogens with two attached hydrogens (primary N) is 1. The van der Waals surface area contributed by atoms with E-state index < -0.39 is 23.6 Å². The topological polar surface area (TPSA) is 119 Å². The van der Waals surface area contributed by atoms with Gasteiger partial charge in [0.15, 0.2) is 11.5 Å². The number of halogens is 3. The van der Waals surface area contributed by atoms with Crippen LogP contribution in [0.25, 0.3) is 16.9 Å². The van der Waals surface area contributed by atoms with Gasteiger partial charge in [-0.1, -0.05) is 0 Å². The van der Waals surface area contributed by atoms with Gasteiger partial charge in [0.1, 0.15) is 5.56 Å². The van der Waals surface area contributed by atoms with Crippen molar-refractivity contribution in [2.45, 2.75) is 38.5 Å². The summed E-state index contributed by atoms with van der Waals surface area (Å²) < 4.78 is 43.8. The van der Waals surface area contributed by atoms with Crippen LogP contribution in [0, 0.1) is 5.92 Å². The van der Waals surface area contributed by atoms with Gasteiger partial charge in [-0.3, -0.25) is 14.6 Å². The third kappa shape index (κ3) is 4.01. The second-order valence-electron chi connectivity index (χ2n) is 9.60. The molecule has 194 valence electrons. The zero-order valence-electron chi connectivity index (χ0n) is 20.2. The Balaban J connectivity index is 1.42. The molecule has 1 aromatic carbocycles. The van der Waals surface area contributed by atoms with Crippen molar-refractivity contribution in [1.29, 1.82) is 0 Å². The molecule has 4 heterocycles. The molecule has 1 saturated carbocycles. The molecule has 2 aliphatic rings. The van der Waals surface area contributed by atoms with Crippen LogP contribution in [0.2, 0.25) is 0 Å². The quantitative estimate of drug-likeness (QED) is 0.402. The van der Waals surface area contributed by atoms with Gasteiger partial charge in [0.25, 0.3) is 11.8 Å². The van der Waals surface area contributed by atoms with Crippen LogP contribution in [0.4, 0.5) is 24.7 Å². The largest absolute Gasteiger partial charge is 0.417 e. The molecule has 3 aromatic heterocycles. The molecule has 38 heavy (non-hydrogen) atoms. The number of pyridine rings is 1. The SMILES string of the molecule is C[C@@H](C1CC1)N1Cc2cc(-c3ccn4nc(N)c(C(=O)Nc5cccnc5)c4n3)cc(C(F)(F)F)c2C1=O. The summed E-state index contributed by atoms with van der Waals surface area (Å²) in [5, 5.41) is 6.78. The van der Waals surface area contributed by atoms with Crippen LogP contribution in [0.3, 0.4) is 0 Å². The van der Waals surface area contributed by atoms with Crippen molar-refractivity contribution >= 4 is 29.0 Å². The fourth-order valence-corrected chi connectivity index (χ4v) is 4.97. The Morgan fingerprint density at radius 1 is 1.24 bits per heavy atom. The summed E-state index contributed by atoms with van der Waals surface area (Å²) in [6.07, 6.45) is 1.67. The lowest BCUT2D eigenvalue weighted by Gasteiger charge is -2.24. The molecule has 0 unspecified atom stereocenters. The van der Waals surface area contributed by atoms with E-state index in [2.05, 4.69) is 20.4 Å². The van der Waals surface area contributed by atoms with Gasteiger partial charge in [0, 0.05) is 30.5 Å². The lowest BCUT2D eigenvalue weighted by atomic mass is 9.97. The van der Waals surface area contributed by atoms with Gasteiger partial charge in [-0.05, 0) is 61.6 Å². The maximum absolute atomic E-state index is 14.2. The summed E-state index contributed by atoms with van der Waals surface area (Å²) in [5.41, 5.74) is 5.84. The minimum Gasteiger partial charge on any atom is -0.381 e. The van der Waals surface area contributed by atoms with E-state index >= 15 is 0 Å². The molecule has 0 bridgehead atoms. The average Bonchev–Trinajstić information content (AvgIpc) is 3.60. The zero-order valence-corrected chi connectivity index (χ0v) is 20.2.